The minimum atomic E-state index is -3.36. The predicted molar refractivity (Wildman–Crippen MR) is 107 cm³/mol. The van der Waals surface area contributed by atoms with Crippen molar-refractivity contribution in [2.75, 3.05) is 19.3 Å². The smallest absolute Gasteiger partial charge is 0.410 e. The Morgan fingerprint density at radius 3 is 2.59 bits per heavy atom. The molecule has 1 aliphatic carbocycles. The molecule has 1 saturated carbocycles. The number of nitrogens with one attached hydrogen (secondary N) is 1. The molecule has 1 saturated heterocycles. The van der Waals surface area contributed by atoms with Crippen molar-refractivity contribution in [3.8, 4) is 11.1 Å². The summed E-state index contributed by atoms with van der Waals surface area (Å²) in [7, 11) is -3.36. The van der Waals surface area contributed by atoms with Crippen LogP contribution in [-0.2, 0) is 21.4 Å². The van der Waals surface area contributed by atoms with E-state index in [1.165, 1.54) is 4.90 Å². The zero-order chi connectivity index (χ0) is 20.6. The topological polar surface area (TPSA) is 75.7 Å². The Kier molecular flexibility index (Phi) is 5.08. The average molecular weight is 418 g/mol. The van der Waals surface area contributed by atoms with Crippen LogP contribution in [0.15, 0.2) is 48.5 Å². The molecule has 0 radical (unpaired) electrons. The zero-order valence-electron chi connectivity index (χ0n) is 16.1. The highest BCUT2D eigenvalue weighted by Gasteiger charge is 2.57. The van der Waals surface area contributed by atoms with E-state index in [1.807, 2.05) is 30.3 Å². The van der Waals surface area contributed by atoms with Crippen LogP contribution in [0.5, 0.6) is 0 Å². The van der Waals surface area contributed by atoms with Crippen molar-refractivity contribution in [3.63, 3.8) is 0 Å². The molecule has 0 aromatic heterocycles. The van der Waals surface area contributed by atoms with Crippen LogP contribution in [0.2, 0.25) is 0 Å². The third kappa shape index (κ3) is 4.28. The van der Waals surface area contributed by atoms with Crippen LogP contribution < -0.4 is 4.72 Å². The number of benzene rings is 2. The monoisotopic (exact) mass is 418 g/mol. The van der Waals surface area contributed by atoms with Crippen LogP contribution in [0, 0.1) is 11.2 Å². The molecule has 8 heteroatoms. The number of rotatable bonds is 5. The van der Waals surface area contributed by atoms with E-state index in [9.17, 15) is 17.6 Å². The van der Waals surface area contributed by atoms with E-state index in [-0.39, 0.29) is 24.6 Å². The number of ether oxygens (including phenoxy) is 1. The molecule has 1 spiro atoms. The van der Waals surface area contributed by atoms with Gasteiger partial charge < -0.3 is 9.64 Å². The number of nitrogens with zero attached hydrogens (tertiary/aromatic N) is 1. The van der Waals surface area contributed by atoms with Crippen LogP contribution in [0.25, 0.3) is 11.1 Å². The molecule has 1 unspecified atom stereocenters. The molecule has 1 N–H and O–H groups in total. The number of carbonyl (C=O) groups is 1. The van der Waals surface area contributed by atoms with Gasteiger partial charge in [-0.05, 0) is 18.4 Å². The lowest BCUT2D eigenvalue weighted by molar-refractivity contribution is 0.101. The van der Waals surface area contributed by atoms with E-state index in [4.69, 9.17) is 4.74 Å². The van der Waals surface area contributed by atoms with Crippen molar-refractivity contribution in [1.29, 1.82) is 0 Å². The molecule has 1 heterocycles. The molecule has 2 aromatic carbocycles. The summed E-state index contributed by atoms with van der Waals surface area (Å²) < 4.78 is 46.0. The Morgan fingerprint density at radius 2 is 1.93 bits per heavy atom. The van der Waals surface area contributed by atoms with Crippen molar-refractivity contribution in [3.05, 3.63) is 59.9 Å². The van der Waals surface area contributed by atoms with Crippen molar-refractivity contribution in [2.24, 2.45) is 5.41 Å². The lowest BCUT2D eigenvalue weighted by Gasteiger charge is -2.17. The van der Waals surface area contributed by atoms with E-state index < -0.39 is 21.9 Å². The van der Waals surface area contributed by atoms with Gasteiger partial charge in [-0.3, -0.25) is 0 Å². The van der Waals surface area contributed by atoms with Gasteiger partial charge in [0.05, 0.1) is 6.26 Å². The number of hydrogen-bond donors (Lipinski definition) is 1. The van der Waals surface area contributed by atoms with E-state index in [2.05, 4.69) is 4.72 Å². The summed E-state index contributed by atoms with van der Waals surface area (Å²) in [5.74, 6) is -0.414. The van der Waals surface area contributed by atoms with Crippen LogP contribution in [-0.4, -0.2) is 44.8 Å². The number of halogens is 1. The Bertz CT molecular complexity index is 1020. The summed E-state index contributed by atoms with van der Waals surface area (Å²) in [5.41, 5.74) is 1.31. The average Bonchev–Trinajstić information content (AvgIpc) is 3.37. The summed E-state index contributed by atoms with van der Waals surface area (Å²) in [6.45, 7) is 0.531. The van der Waals surface area contributed by atoms with Gasteiger partial charge in [-0.2, -0.15) is 0 Å². The molecule has 29 heavy (non-hydrogen) atoms. The fourth-order valence-electron chi connectivity index (χ4n) is 3.96. The largest absolute Gasteiger partial charge is 0.444 e. The quantitative estimate of drug-likeness (QED) is 0.810. The first-order chi connectivity index (χ1) is 13.8. The molecule has 1 amide bonds. The molecule has 1 aliphatic heterocycles. The van der Waals surface area contributed by atoms with Gasteiger partial charge in [0, 0.05) is 35.7 Å². The number of likely N-dealkylation sites (tertiary alicyclic amines) is 1. The minimum absolute atomic E-state index is 0.182. The van der Waals surface area contributed by atoms with Crippen LogP contribution >= 0.6 is 0 Å². The standard InChI is InChI=1S/C21H23FN2O4S/c1-29(26,27)23-18-12-24(14-21(18)10-11-21)20(25)28-13-16-8-5-9-17(19(16)22)15-6-3-2-4-7-15/h2-9,18,23H,10-14H2,1H3. The second-order valence-electron chi connectivity index (χ2n) is 7.88. The first kappa shape index (κ1) is 19.8. The van der Waals surface area contributed by atoms with Crippen LogP contribution in [0.3, 0.4) is 0 Å². The maximum Gasteiger partial charge on any atom is 0.410 e. The Balaban J connectivity index is 1.42. The molecule has 154 valence electrons. The normalized spacial score (nSPS) is 20.1. The first-order valence-electron chi connectivity index (χ1n) is 9.49. The molecule has 2 aliphatic rings. The van der Waals surface area contributed by atoms with E-state index in [0.717, 1.165) is 24.7 Å². The third-order valence-electron chi connectivity index (χ3n) is 5.67. The second kappa shape index (κ2) is 7.42. The summed E-state index contributed by atoms with van der Waals surface area (Å²) in [4.78, 5) is 14.0. The van der Waals surface area contributed by atoms with Gasteiger partial charge in [0.15, 0.2) is 0 Å². The maximum absolute atomic E-state index is 14.9. The number of hydrogen-bond acceptors (Lipinski definition) is 4. The number of sulfonamides is 1. The van der Waals surface area contributed by atoms with Gasteiger partial charge in [-0.25, -0.2) is 22.3 Å². The summed E-state index contributed by atoms with van der Waals surface area (Å²) in [5, 5.41) is 0. The highest BCUT2D eigenvalue weighted by Crippen LogP contribution is 2.53. The number of amides is 1. The third-order valence-corrected chi connectivity index (χ3v) is 6.38. The molecule has 2 aromatic rings. The predicted octanol–water partition coefficient (Wildman–Crippen LogP) is 3.14. The fourth-order valence-corrected chi connectivity index (χ4v) is 4.80. The molecular formula is C21H23FN2O4S. The van der Waals surface area contributed by atoms with Crippen molar-refractivity contribution in [1.82, 2.24) is 9.62 Å². The van der Waals surface area contributed by atoms with Crippen molar-refractivity contribution >= 4 is 16.1 Å². The second-order valence-corrected chi connectivity index (χ2v) is 9.66. The summed E-state index contributed by atoms with van der Waals surface area (Å²) in [6.07, 6.45) is 2.31. The highest BCUT2D eigenvalue weighted by atomic mass is 32.2. The molecular weight excluding hydrogens is 395 g/mol. The van der Waals surface area contributed by atoms with Gasteiger partial charge in [-0.1, -0.05) is 48.5 Å². The van der Waals surface area contributed by atoms with E-state index in [1.54, 1.807) is 18.2 Å². The molecule has 0 bridgehead atoms. The Morgan fingerprint density at radius 1 is 1.21 bits per heavy atom. The van der Waals surface area contributed by atoms with Crippen LogP contribution in [0.4, 0.5) is 9.18 Å². The van der Waals surface area contributed by atoms with Gasteiger partial charge >= 0.3 is 6.09 Å². The summed E-state index contributed by atoms with van der Waals surface area (Å²) >= 11 is 0. The maximum atomic E-state index is 14.9. The van der Waals surface area contributed by atoms with Gasteiger partial charge in [0.2, 0.25) is 10.0 Å². The van der Waals surface area contributed by atoms with E-state index in [0.29, 0.717) is 17.7 Å². The highest BCUT2D eigenvalue weighted by molar-refractivity contribution is 7.88. The van der Waals surface area contributed by atoms with Gasteiger partial charge in [0.25, 0.3) is 0 Å². The number of carbonyl (C=O) groups excluding carboxylic acids is 1. The van der Waals surface area contributed by atoms with Crippen molar-refractivity contribution in [2.45, 2.75) is 25.5 Å². The minimum Gasteiger partial charge on any atom is -0.444 e. The first-order valence-corrected chi connectivity index (χ1v) is 11.4. The van der Waals surface area contributed by atoms with Crippen molar-refractivity contribution < 1.29 is 22.3 Å². The zero-order valence-corrected chi connectivity index (χ0v) is 16.9. The van der Waals surface area contributed by atoms with Gasteiger partial charge in [-0.15, -0.1) is 0 Å². The lowest BCUT2D eigenvalue weighted by Crippen LogP contribution is -2.41. The van der Waals surface area contributed by atoms with Gasteiger partial charge in [0.1, 0.15) is 12.4 Å². The SMILES string of the molecule is CS(=O)(=O)NC1CN(C(=O)OCc2cccc(-c3ccccc3)c2F)CC12CC2. The molecule has 1 atom stereocenters. The molecule has 6 nitrogen and oxygen atoms in total. The van der Waals surface area contributed by atoms with E-state index >= 15 is 0 Å². The molecule has 4 rings (SSSR count). The van der Waals surface area contributed by atoms with Crippen LogP contribution in [0.1, 0.15) is 18.4 Å². The fraction of sp³-hybridized carbons (Fsp3) is 0.381. The Hall–Kier alpha value is -2.45. The lowest BCUT2D eigenvalue weighted by atomic mass is 10.0. The summed E-state index contributed by atoms with van der Waals surface area (Å²) in [6, 6.07) is 13.9. The molecule has 2 fully saturated rings. The Labute approximate surface area is 169 Å².